The first kappa shape index (κ1) is 29.9. The fraction of sp³-hybridized carbons (Fsp3) is 0.565. The number of esters is 2. The summed E-state index contributed by atoms with van der Waals surface area (Å²) in [7, 11) is 1.20. The summed E-state index contributed by atoms with van der Waals surface area (Å²) >= 11 is 0. The van der Waals surface area contributed by atoms with E-state index in [1.54, 1.807) is 13.0 Å². The second kappa shape index (κ2) is 15.6. The van der Waals surface area contributed by atoms with Gasteiger partial charge in [-0.05, 0) is 18.6 Å². The molecule has 0 spiro atoms. The highest BCUT2D eigenvalue weighted by atomic mass is 16.7. The van der Waals surface area contributed by atoms with E-state index in [1.165, 1.54) is 26.2 Å². The van der Waals surface area contributed by atoms with Crippen molar-refractivity contribution >= 4 is 17.6 Å². The van der Waals surface area contributed by atoms with E-state index < -0.39 is 35.4 Å². The quantitative estimate of drug-likeness (QED) is 0.231. The topological polar surface area (TPSA) is 123 Å². The Bertz CT molecular complexity index is 794. The van der Waals surface area contributed by atoms with Gasteiger partial charge in [0.2, 0.25) is 6.29 Å². The molecule has 1 aliphatic rings. The maximum Gasteiger partial charge on any atom is 0.335 e. The Labute approximate surface area is 194 Å². The number of allylic oxidation sites excluding steroid dienone is 1. The Morgan fingerprint density at radius 1 is 1.18 bits per heavy atom. The van der Waals surface area contributed by atoms with E-state index in [0.717, 1.165) is 0 Å². The van der Waals surface area contributed by atoms with Crippen LogP contribution in [-0.4, -0.2) is 42.5 Å². The van der Waals surface area contributed by atoms with Crippen LogP contribution >= 0.6 is 0 Å². The van der Waals surface area contributed by atoms with E-state index in [9.17, 15) is 19.7 Å². The average Bonchev–Trinajstić information content (AvgIpc) is 2.79. The highest BCUT2D eigenvalue weighted by molar-refractivity contribution is 5.74. The Balaban J connectivity index is 0.00000242. The largest absolute Gasteiger partial charge is 0.494 e. The van der Waals surface area contributed by atoms with E-state index in [-0.39, 0.29) is 30.9 Å². The SMILES string of the molecule is C=C(C)OCc1ccc(OC2CC(OC(C)=O)CC(C(=O)OC)O2)c([N+](=O)[O-])c1.CC.CC. The third-order valence-electron chi connectivity index (χ3n) is 4.01. The molecule has 2 rings (SSSR count). The second-order valence-corrected chi connectivity index (χ2v) is 6.45. The van der Waals surface area contributed by atoms with Crippen molar-refractivity contribution < 1.29 is 38.2 Å². The summed E-state index contributed by atoms with van der Waals surface area (Å²) < 4.78 is 26.3. The van der Waals surface area contributed by atoms with Crippen molar-refractivity contribution in [2.75, 3.05) is 7.11 Å². The number of methoxy groups -OCH3 is 1. The Hall–Kier alpha value is -3.14. The van der Waals surface area contributed by atoms with E-state index in [0.29, 0.717) is 11.3 Å². The highest BCUT2D eigenvalue weighted by Gasteiger charge is 2.38. The molecule has 1 aromatic rings. The molecule has 1 aliphatic heterocycles. The number of hydrogen-bond donors (Lipinski definition) is 0. The Morgan fingerprint density at radius 2 is 1.82 bits per heavy atom. The molecule has 3 atom stereocenters. The number of nitrogens with zero attached hydrogens (tertiary/aromatic N) is 1. The van der Waals surface area contributed by atoms with Crippen LogP contribution in [0.2, 0.25) is 0 Å². The van der Waals surface area contributed by atoms with Crippen LogP contribution in [0.3, 0.4) is 0 Å². The van der Waals surface area contributed by atoms with Crippen molar-refractivity contribution in [3.05, 3.63) is 46.2 Å². The molecule has 3 unspecified atom stereocenters. The van der Waals surface area contributed by atoms with Gasteiger partial charge in [-0.3, -0.25) is 14.9 Å². The lowest BCUT2D eigenvalue weighted by atomic mass is 10.0. The standard InChI is InChI=1S/C19H23NO9.2C2H6/c1-11(2)26-10-13-5-6-16(15(7-13)20(23)24)28-18-9-14(27-12(3)21)8-17(29-18)19(22)25-4;2*1-2/h5-7,14,17-18H,1,8-10H2,2-4H3;2*1-2H3. The van der Waals surface area contributed by atoms with Crippen molar-refractivity contribution in [3.63, 3.8) is 0 Å². The van der Waals surface area contributed by atoms with Gasteiger partial charge >= 0.3 is 17.6 Å². The average molecular weight is 470 g/mol. The van der Waals surface area contributed by atoms with Gasteiger partial charge in [0.1, 0.15) is 12.7 Å². The van der Waals surface area contributed by atoms with Gasteiger partial charge in [0.25, 0.3) is 0 Å². The zero-order valence-electron chi connectivity index (χ0n) is 20.4. The number of nitro benzene ring substituents is 1. The summed E-state index contributed by atoms with van der Waals surface area (Å²) in [6.07, 6.45) is -2.52. The summed E-state index contributed by atoms with van der Waals surface area (Å²) in [5, 5.41) is 11.5. The first-order chi connectivity index (χ1) is 15.7. The zero-order valence-corrected chi connectivity index (χ0v) is 20.4. The van der Waals surface area contributed by atoms with Crippen LogP contribution in [0.4, 0.5) is 5.69 Å². The third kappa shape index (κ3) is 10.3. The number of ether oxygens (including phenoxy) is 5. The predicted octanol–water partition coefficient (Wildman–Crippen LogP) is 4.69. The number of benzene rings is 1. The van der Waals surface area contributed by atoms with E-state index in [2.05, 4.69) is 11.3 Å². The molecule has 186 valence electrons. The summed E-state index contributed by atoms with van der Waals surface area (Å²) in [4.78, 5) is 34.0. The van der Waals surface area contributed by atoms with Gasteiger partial charge in [-0.15, -0.1) is 0 Å². The predicted molar refractivity (Wildman–Crippen MR) is 121 cm³/mol. The summed E-state index contributed by atoms with van der Waals surface area (Å²) in [5.74, 6) is -0.746. The van der Waals surface area contributed by atoms with Crippen molar-refractivity contribution in [2.45, 2.75) is 79.5 Å². The van der Waals surface area contributed by atoms with Crippen LogP contribution in [0.1, 0.15) is 59.9 Å². The monoisotopic (exact) mass is 469 g/mol. The maximum absolute atomic E-state index is 11.9. The number of carbonyl (C=O) groups is 2. The molecule has 0 N–H and O–H groups in total. The van der Waals surface area contributed by atoms with Crippen molar-refractivity contribution in [2.24, 2.45) is 0 Å². The molecule has 1 fully saturated rings. The van der Waals surface area contributed by atoms with Gasteiger partial charge in [0.05, 0.1) is 17.8 Å². The summed E-state index contributed by atoms with van der Waals surface area (Å²) in [5.41, 5.74) is 0.266. The lowest BCUT2D eigenvalue weighted by Crippen LogP contribution is -2.44. The molecule has 10 heteroatoms. The molecule has 1 aromatic carbocycles. The van der Waals surface area contributed by atoms with Gasteiger partial charge in [0, 0.05) is 25.8 Å². The molecule has 0 aliphatic carbocycles. The van der Waals surface area contributed by atoms with Crippen LogP contribution in [0.15, 0.2) is 30.5 Å². The lowest BCUT2D eigenvalue weighted by Gasteiger charge is -2.33. The molecule has 33 heavy (non-hydrogen) atoms. The second-order valence-electron chi connectivity index (χ2n) is 6.45. The minimum Gasteiger partial charge on any atom is -0.494 e. The fourth-order valence-electron chi connectivity index (χ4n) is 2.78. The number of carbonyl (C=O) groups excluding carboxylic acids is 2. The number of hydrogen-bond acceptors (Lipinski definition) is 9. The van der Waals surface area contributed by atoms with E-state index >= 15 is 0 Å². The Kier molecular flexibility index (Phi) is 14.1. The van der Waals surface area contributed by atoms with Crippen LogP contribution < -0.4 is 4.74 Å². The molecule has 0 bridgehead atoms. The van der Waals surface area contributed by atoms with Crippen LogP contribution in [0.25, 0.3) is 0 Å². The smallest absolute Gasteiger partial charge is 0.335 e. The van der Waals surface area contributed by atoms with Gasteiger partial charge in [-0.25, -0.2) is 4.79 Å². The van der Waals surface area contributed by atoms with E-state index in [4.69, 9.17) is 18.9 Å². The van der Waals surface area contributed by atoms with Crippen LogP contribution in [0, 0.1) is 10.1 Å². The van der Waals surface area contributed by atoms with Crippen molar-refractivity contribution in [1.82, 2.24) is 0 Å². The molecule has 0 radical (unpaired) electrons. The van der Waals surface area contributed by atoms with Crippen molar-refractivity contribution in [3.8, 4) is 5.75 Å². The molecule has 0 saturated carbocycles. The first-order valence-corrected chi connectivity index (χ1v) is 10.8. The van der Waals surface area contributed by atoms with Gasteiger partial charge < -0.3 is 23.7 Å². The third-order valence-corrected chi connectivity index (χ3v) is 4.01. The van der Waals surface area contributed by atoms with Gasteiger partial charge in [-0.1, -0.05) is 40.3 Å². The molecule has 0 aromatic heterocycles. The highest BCUT2D eigenvalue weighted by Crippen LogP contribution is 2.32. The lowest BCUT2D eigenvalue weighted by molar-refractivity contribution is -0.386. The number of nitro groups is 1. The van der Waals surface area contributed by atoms with Crippen LogP contribution in [0.5, 0.6) is 5.75 Å². The molecule has 1 heterocycles. The molecule has 1 saturated heterocycles. The van der Waals surface area contributed by atoms with Crippen molar-refractivity contribution in [1.29, 1.82) is 0 Å². The first-order valence-electron chi connectivity index (χ1n) is 10.8. The maximum atomic E-state index is 11.9. The number of rotatable bonds is 8. The molecule has 10 nitrogen and oxygen atoms in total. The summed E-state index contributed by atoms with van der Waals surface area (Å²) in [6.45, 7) is 14.6. The fourth-order valence-corrected chi connectivity index (χ4v) is 2.78. The Morgan fingerprint density at radius 3 is 2.33 bits per heavy atom. The van der Waals surface area contributed by atoms with Crippen LogP contribution in [-0.2, 0) is 35.1 Å². The zero-order chi connectivity index (χ0) is 25.6. The van der Waals surface area contributed by atoms with Gasteiger partial charge in [-0.2, -0.15) is 0 Å². The molecular weight excluding hydrogens is 434 g/mol. The van der Waals surface area contributed by atoms with Gasteiger partial charge in [0.15, 0.2) is 11.9 Å². The van der Waals surface area contributed by atoms with E-state index in [1.807, 2.05) is 27.7 Å². The summed E-state index contributed by atoms with van der Waals surface area (Å²) in [6, 6.07) is 4.35. The molecule has 0 amide bonds. The molecular formula is C23H35NO9. The minimum absolute atomic E-state index is 0.0498. The minimum atomic E-state index is -1.05. The normalized spacial score (nSPS) is 18.8.